The van der Waals surface area contributed by atoms with Crippen molar-refractivity contribution in [3.63, 3.8) is 0 Å². The zero-order valence-corrected chi connectivity index (χ0v) is 10.0. The molecule has 1 saturated carbocycles. The third kappa shape index (κ3) is 2.29. The lowest BCUT2D eigenvalue weighted by Gasteiger charge is -2.20. The molecule has 1 aliphatic carbocycles. The van der Waals surface area contributed by atoms with Crippen LogP contribution in [0.2, 0.25) is 0 Å². The molecule has 3 unspecified atom stereocenters. The Morgan fingerprint density at radius 2 is 2.07 bits per heavy atom. The van der Waals surface area contributed by atoms with Gasteiger partial charge in [-0.2, -0.15) is 0 Å². The summed E-state index contributed by atoms with van der Waals surface area (Å²) in [7, 11) is 0. The molecule has 0 aliphatic heterocycles. The molecule has 2 N–H and O–H groups in total. The molecule has 1 rings (SSSR count). The topological polar surface area (TPSA) is 32.3 Å². The Morgan fingerprint density at radius 3 is 2.43 bits per heavy atom. The van der Waals surface area contributed by atoms with Gasteiger partial charge in [-0.1, -0.05) is 20.8 Å². The maximum Gasteiger partial charge on any atom is 0.0493 e. The molecule has 2 nitrogen and oxygen atoms in total. The van der Waals surface area contributed by atoms with Crippen LogP contribution >= 0.6 is 0 Å². The van der Waals surface area contributed by atoms with Crippen LogP contribution in [0, 0.1) is 17.3 Å². The summed E-state index contributed by atoms with van der Waals surface area (Å²) < 4.78 is 0. The summed E-state index contributed by atoms with van der Waals surface area (Å²) in [6, 6.07) is 0.610. The Labute approximate surface area is 88.1 Å². The molecule has 0 aromatic carbocycles. The zero-order valence-electron chi connectivity index (χ0n) is 10.0. The van der Waals surface area contributed by atoms with E-state index in [1.807, 2.05) is 0 Å². The van der Waals surface area contributed by atoms with Gasteiger partial charge in [-0.25, -0.2) is 0 Å². The van der Waals surface area contributed by atoms with Crippen molar-refractivity contribution in [1.29, 1.82) is 0 Å². The zero-order chi connectivity index (χ0) is 10.8. The van der Waals surface area contributed by atoms with Crippen LogP contribution in [0.3, 0.4) is 0 Å². The maximum atomic E-state index is 9.39. The molecule has 0 saturated heterocycles. The molecule has 0 amide bonds. The van der Waals surface area contributed by atoms with Crippen molar-refractivity contribution in [2.75, 3.05) is 13.2 Å². The highest BCUT2D eigenvalue weighted by Gasteiger charge is 2.54. The molecule has 0 aromatic rings. The Hall–Kier alpha value is -0.0800. The Morgan fingerprint density at radius 1 is 1.43 bits per heavy atom. The van der Waals surface area contributed by atoms with Crippen LogP contribution < -0.4 is 5.32 Å². The standard InChI is InChI=1S/C12H25NO/c1-5-10(4)13-7-11-6-12(11,8-14)9(2)3/h9-11,13-14H,5-8H2,1-4H3. The molecular weight excluding hydrogens is 174 g/mol. The summed E-state index contributed by atoms with van der Waals surface area (Å²) in [6.07, 6.45) is 2.38. The van der Waals surface area contributed by atoms with Gasteiger partial charge in [0.2, 0.25) is 0 Å². The number of rotatable bonds is 6. The fourth-order valence-corrected chi connectivity index (χ4v) is 2.25. The normalized spacial score (nSPS) is 33.4. The van der Waals surface area contributed by atoms with Crippen LogP contribution in [0.25, 0.3) is 0 Å². The lowest BCUT2D eigenvalue weighted by molar-refractivity contribution is 0.155. The summed E-state index contributed by atoms with van der Waals surface area (Å²) in [5, 5.41) is 12.9. The molecule has 1 fully saturated rings. The Kier molecular flexibility index (Phi) is 3.96. The van der Waals surface area contributed by atoms with E-state index in [0.29, 0.717) is 24.5 Å². The molecule has 14 heavy (non-hydrogen) atoms. The van der Waals surface area contributed by atoms with Gasteiger partial charge < -0.3 is 10.4 Å². The van der Waals surface area contributed by atoms with E-state index < -0.39 is 0 Å². The van der Waals surface area contributed by atoms with Crippen molar-refractivity contribution in [3.8, 4) is 0 Å². The van der Waals surface area contributed by atoms with Gasteiger partial charge in [-0.05, 0) is 38.1 Å². The van der Waals surface area contributed by atoms with Crippen molar-refractivity contribution >= 4 is 0 Å². The van der Waals surface area contributed by atoms with E-state index in [1.54, 1.807) is 0 Å². The minimum atomic E-state index is 0.237. The second-order valence-electron chi connectivity index (χ2n) is 5.16. The van der Waals surface area contributed by atoms with Crippen LogP contribution in [0.15, 0.2) is 0 Å². The molecule has 0 aromatic heterocycles. The van der Waals surface area contributed by atoms with Crippen molar-refractivity contribution in [1.82, 2.24) is 5.32 Å². The fourth-order valence-electron chi connectivity index (χ4n) is 2.25. The Balaban J connectivity index is 2.30. The van der Waals surface area contributed by atoms with Gasteiger partial charge in [0.15, 0.2) is 0 Å². The van der Waals surface area contributed by atoms with Gasteiger partial charge in [0.1, 0.15) is 0 Å². The first kappa shape index (κ1) is 12.0. The second kappa shape index (κ2) is 4.63. The highest BCUT2D eigenvalue weighted by molar-refractivity contribution is 5.04. The SMILES string of the molecule is CCC(C)NCC1CC1(CO)C(C)C. The van der Waals surface area contributed by atoms with Crippen molar-refractivity contribution in [2.24, 2.45) is 17.3 Å². The summed E-state index contributed by atoms with van der Waals surface area (Å²) >= 11 is 0. The molecule has 0 heterocycles. The number of hydrogen-bond acceptors (Lipinski definition) is 2. The van der Waals surface area contributed by atoms with Gasteiger partial charge in [0, 0.05) is 18.1 Å². The smallest absolute Gasteiger partial charge is 0.0493 e. The first-order valence-electron chi connectivity index (χ1n) is 5.91. The van der Waals surface area contributed by atoms with E-state index in [4.69, 9.17) is 0 Å². The average Bonchev–Trinajstić information content (AvgIpc) is 2.89. The van der Waals surface area contributed by atoms with Gasteiger partial charge in [-0.15, -0.1) is 0 Å². The fraction of sp³-hybridized carbons (Fsp3) is 1.00. The predicted octanol–water partition coefficient (Wildman–Crippen LogP) is 2.03. The first-order chi connectivity index (χ1) is 6.56. The third-order valence-electron chi connectivity index (χ3n) is 4.05. The lowest BCUT2D eigenvalue weighted by Crippen LogP contribution is -2.30. The number of hydrogen-bond donors (Lipinski definition) is 2. The van der Waals surface area contributed by atoms with Gasteiger partial charge >= 0.3 is 0 Å². The van der Waals surface area contributed by atoms with E-state index in [2.05, 4.69) is 33.0 Å². The average molecular weight is 199 g/mol. The van der Waals surface area contributed by atoms with Crippen molar-refractivity contribution < 1.29 is 5.11 Å². The second-order valence-corrected chi connectivity index (χ2v) is 5.16. The number of aliphatic hydroxyl groups is 1. The summed E-state index contributed by atoms with van der Waals surface area (Å²) in [5.41, 5.74) is 0.237. The molecule has 84 valence electrons. The molecule has 0 bridgehead atoms. The highest BCUT2D eigenvalue weighted by atomic mass is 16.3. The van der Waals surface area contributed by atoms with E-state index in [9.17, 15) is 5.11 Å². The minimum absolute atomic E-state index is 0.237. The lowest BCUT2D eigenvalue weighted by atomic mass is 9.90. The molecule has 0 radical (unpaired) electrons. The van der Waals surface area contributed by atoms with E-state index in [1.165, 1.54) is 12.8 Å². The molecule has 0 spiro atoms. The summed E-state index contributed by atoms with van der Waals surface area (Å²) in [4.78, 5) is 0. The van der Waals surface area contributed by atoms with E-state index in [0.717, 1.165) is 6.54 Å². The van der Waals surface area contributed by atoms with E-state index in [-0.39, 0.29) is 5.41 Å². The minimum Gasteiger partial charge on any atom is -0.396 e. The maximum absolute atomic E-state index is 9.39. The number of nitrogens with one attached hydrogen (secondary N) is 1. The molecule has 2 heteroatoms. The highest BCUT2D eigenvalue weighted by Crippen LogP contribution is 2.56. The summed E-state index contributed by atoms with van der Waals surface area (Å²) in [5.74, 6) is 1.30. The summed E-state index contributed by atoms with van der Waals surface area (Å²) in [6.45, 7) is 10.3. The van der Waals surface area contributed by atoms with E-state index >= 15 is 0 Å². The van der Waals surface area contributed by atoms with Crippen LogP contribution in [-0.2, 0) is 0 Å². The third-order valence-corrected chi connectivity index (χ3v) is 4.05. The molecular formula is C12H25NO. The van der Waals surface area contributed by atoms with Crippen LogP contribution in [-0.4, -0.2) is 24.3 Å². The largest absolute Gasteiger partial charge is 0.396 e. The van der Waals surface area contributed by atoms with Gasteiger partial charge in [-0.3, -0.25) is 0 Å². The van der Waals surface area contributed by atoms with Crippen molar-refractivity contribution in [2.45, 2.75) is 46.6 Å². The van der Waals surface area contributed by atoms with Crippen LogP contribution in [0.5, 0.6) is 0 Å². The number of aliphatic hydroxyl groups excluding tert-OH is 1. The van der Waals surface area contributed by atoms with Gasteiger partial charge in [0.05, 0.1) is 0 Å². The quantitative estimate of drug-likeness (QED) is 0.686. The van der Waals surface area contributed by atoms with Crippen molar-refractivity contribution in [3.05, 3.63) is 0 Å². The first-order valence-corrected chi connectivity index (χ1v) is 5.91. The Bertz CT molecular complexity index is 181. The predicted molar refractivity (Wildman–Crippen MR) is 60.2 cm³/mol. The van der Waals surface area contributed by atoms with Crippen LogP contribution in [0.1, 0.15) is 40.5 Å². The van der Waals surface area contributed by atoms with Gasteiger partial charge in [0.25, 0.3) is 0 Å². The van der Waals surface area contributed by atoms with Crippen LogP contribution in [0.4, 0.5) is 0 Å². The molecule has 1 aliphatic rings. The monoisotopic (exact) mass is 199 g/mol. The molecule has 3 atom stereocenters.